The molecule has 106 valence electrons. The van der Waals surface area contributed by atoms with E-state index in [9.17, 15) is 9.59 Å². The van der Waals surface area contributed by atoms with Gasteiger partial charge in [-0.15, -0.1) is 11.3 Å². The molecule has 4 nitrogen and oxygen atoms in total. The maximum absolute atomic E-state index is 11.8. The van der Waals surface area contributed by atoms with Crippen LogP contribution in [0.1, 0.15) is 41.2 Å². The number of aliphatic hydroxyl groups excluding tert-OH is 1. The highest BCUT2D eigenvalue weighted by atomic mass is 32.1. The van der Waals surface area contributed by atoms with Crippen LogP contribution in [0.25, 0.3) is 0 Å². The first-order valence-corrected chi connectivity index (χ1v) is 7.25. The summed E-state index contributed by atoms with van der Waals surface area (Å²) in [6.07, 6.45) is 0.421. The van der Waals surface area contributed by atoms with E-state index in [4.69, 9.17) is 5.11 Å². The van der Waals surface area contributed by atoms with Crippen molar-refractivity contribution in [1.29, 1.82) is 0 Å². The van der Waals surface area contributed by atoms with E-state index in [0.29, 0.717) is 4.88 Å². The van der Waals surface area contributed by atoms with Crippen molar-refractivity contribution in [1.82, 2.24) is 5.32 Å². The lowest BCUT2D eigenvalue weighted by molar-refractivity contribution is -0.122. The summed E-state index contributed by atoms with van der Waals surface area (Å²) >= 11 is 1.46. The molecule has 2 N–H and O–H groups in total. The van der Waals surface area contributed by atoms with Crippen LogP contribution in [0.3, 0.4) is 0 Å². The van der Waals surface area contributed by atoms with Crippen LogP contribution < -0.4 is 5.32 Å². The second kappa shape index (κ2) is 7.40. The molecular formula is C14H21NO3S. The number of aliphatic hydroxyl groups is 1. The Bertz CT molecular complexity index is 442. The monoisotopic (exact) mass is 283 g/mol. The maximum atomic E-state index is 11.8. The molecular weight excluding hydrogens is 262 g/mol. The summed E-state index contributed by atoms with van der Waals surface area (Å²) in [5, 5.41) is 11.8. The topological polar surface area (TPSA) is 66.4 Å². The van der Waals surface area contributed by atoms with E-state index >= 15 is 0 Å². The van der Waals surface area contributed by atoms with Crippen molar-refractivity contribution in [2.45, 2.75) is 39.7 Å². The second-order valence-corrected chi connectivity index (χ2v) is 6.14. The van der Waals surface area contributed by atoms with Gasteiger partial charge in [0.15, 0.2) is 5.78 Å². The quantitative estimate of drug-likeness (QED) is 0.754. The Morgan fingerprint density at radius 1 is 1.32 bits per heavy atom. The SMILES string of the molecule is Cc1ccc(C(=O)CCC(=O)NC(C)C(C)CO)s1. The van der Waals surface area contributed by atoms with Crippen LogP contribution in [0.15, 0.2) is 12.1 Å². The normalized spacial score (nSPS) is 13.9. The molecule has 0 aliphatic heterocycles. The predicted octanol–water partition coefficient (Wildman–Crippen LogP) is 2.15. The van der Waals surface area contributed by atoms with Gasteiger partial charge in [-0.1, -0.05) is 6.92 Å². The number of carbonyl (C=O) groups is 2. The fourth-order valence-electron chi connectivity index (χ4n) is 1.56. The molecule has 0 saturated heterocycles. The molecule has 0 spiro atoms. The number of nitrogens with one attached hydrogen (secondary N) is 1. The fourth-order valence-corrected chi connectivity index (χ4v) is 2.40. The average Bonchev–Trinajstić information content (AvgIpc) is 2.81. The minimum Gasteiger partial charge on any atom is -0.396 e. The molecule has 1 amide bonds. The smallest absolute Gasteiger partial charge is 0.220 e. The van der Waals surface area contributed by atoms with E-state index in [-0.39, 0.29) is 43.1 Å². The van der Waals surface area contributed by atoms with E-state index in [1.54, 1.807) is 6.07 Å². The minimum atomic E-state index is -0.144. The molecule has 2 atom stereocenters. The molecule has 1 aromatic rings. The Balaban J connectivity index is 2.36. The van der Waals surface area contributed by atoms with E-state index in [2.05, 4.69) is 5.32 Å². The van der Waals surface area contributed by atoms with Crippen molar-refractivity contribution in [2.24, 2.45) is 5.92 Å². The van der Waals surface area contributed by atoms with Gasteiger partial charge in [-0.3, -0.25) is 9.59 Å². The highest BCUT2D eigenvalue weighted by Gasteiger charge is 2.15. The van der Waals surface area contributed by atoms with Crippen molar-refractivity contribution in [2.75, 3.05) is 6.61 Å². The summed E-state index contributed by atoms with van der Waals surface area (Å²) in [7, 11) is 0. The fraction of sp³-hybridized carbons (Fsp3) is 0.571. The Hall–Kier alpha value is -1.20. The lowest BCUT2D eigenvalue weighted by Gasteiger charge is -2.19. The molecule has 0 aliphatic carbocycles. The predicted molar refractivity (Wildman–Crippen MR) is 76.5 cm³/mol. The average molecular weight is 283 g/mol. The first-order chi connectivity index (χ1) is 8.93. The van der Waals surface area contributed by atoms with Crippen LogP contribution in [-0.2, 0) is 4.79 Å². The summed E-state index contributed by atoms with van der Waals surface area (Å²) in [5.74, 6) is -0.120. The van der Waals surface area contributed by atoms with Crippen molar-refractivity contribution >= 4 is 23.0 Å². The summed E-state index contributed by atoms with van der Waals surface area (Å²) in [4.78, 5) is 25.3. The molecule has 19 heavy (non-hydrogen) atoms. The van der Waals surface area contributed by atoms with Crippen molar-refractivity contribution in [3.05, 3.63) is 21.9 Å². The summed E-state index contributed by atoms with van der Waals surface area (Å²) < 4.78 is 0. The lowest BCUT2D eigenvalue weighted by atomic mass is 10.0. The summed E-state index contributed by atoms with van der Waals surface area (Å²) in [6.45, 7) is 5.70. The molecule has 1 rings (SSSR count). The number of rotatable bonds is 7. The number of Topliss-reactive ketones (excluding diaryl/α,β-unsaturated/α-hetero) is 1. The van der Waals surface area contributed by atoms with Crippen LogP contribution in [0.4, 0.5) is 0 Å². The second-order valence-electron chi connectivity index (χ2n) is 4.85. The molecule has 0 aromatic carbocycles. The van der Waals surface area contributed by atoms with Gasteiger partial charge in [0.2, 0.25) is 5.91 Å². The van der Waals surface area contributed by atoms with Gasteiger partial charge in [-0.2, -0.15) is 0 Å². The van der Waals surface area contributed by atoms with Gasteiger partial charge in [0, 0.05) is 30.4 Å². The number of amides is 1. The molecule has 1 heterocycles. The molecule has 5 heteroatoms. The molecule has 2 unspecified atom stereocenters. The van der Waals surface area contributed by atoms with E-state index in [0.717, 1.165) is 4.88 Å². The van der Waals surface area contributed by atoms with Crippen LogP contribution in [-0.4, -0.2) is 29.4 Å². The van der Waals surface area contributed by atoms with Gasteiger partial charge in [0.1, 0.15) is 0 Å². The van der Waals surface area contributed by atoms with Gasteiger partial charge in [-0.05, 0) is 31.9 Å². The van der Waals surface area contributed by atoms with Crippen molar-refractivity contribution in [3.8, 4) is 0 Å². The number of hydrogen-bond acceptors (Lipinski definition) is 4. The Labute approximate surface area is 117 Å². The van der Waals surface area contributed by atoms with E-state index < -0.39 is 0 Å². The van der Waals surface area contributed by atoms with Crippen LogP contribution in [0, 0.1) is 12.8 Å². The lowest BCUT2D eigenvalue weighted by Crippen LogP contribution is -2.38. The van der Waals surface area contributed by atoms with Gasteiger partial charge in [-0.25, -0.2) is 0 Å². The molecule has 0 bridgehead atoms. The minimum absolute atomic E-state index is 0.0103. The molecule has 0 aliphatic rings. The maximum Gasteiger partial charge on any atom is 0.220 e. The zero-order chi connectivity index (χ0) is 14.4. The Morgan fingerprint density at radius 3 is 2.53 bits per heavy atom. The largest absolute Gasteiger partial charge is 0.396 e. The number of thiophene rings is 1. The number of ketones is 1. The number of carbonyl (C=O) groups excluding carboxylic acids is 2. The first-order valence-electron chi connectivity index (χ1n) is 6.44. The molecule has 0 fully saturated rings. The van der Waals surface area contributed by atoms with Crippen molar-refractivity contribution in [3.63, 3.8) is 0 Å². The van der Waals surface area contributed by atoms with E-state index in [1.165, 1.54) is 11.3 Å². The van der Waals surface area contributed by atoms with Crippen LogP contribution in [0.5, 0.6) is 0 Å². The standard InChI is InChI=1S/C14H21NO3S/c1-9(8-16)11(3)15-14(18)7-5-12(17)13-6-4-10(2)19-13/h4,6,9,11,16H,5,7-8H2,1-3H3,(H,15,18). The third-order valence-electron chi connectivity index (χ3n) is 3.12. The summed E-state index contributed by atoms with van der Waals surface area (Å²) in [5.41, 5.74) is 0. The van der Waals surface area contributed by atoms with Gasteiger partial charge < -0.3 is 10.4 Å². The third-order valence-corrected chi connectivity index (χ3v) is 4.17. The van der Waals surface area contributed by atoms with Crippen LogP contribution >= 0.6 is 11.3 Å². The highest BCUT2D eigenvalue weighted by Crippen LogP contribution is 2.17. The first kappa shape index (κ1) is 15.9. The molecule has 0 saturated carbocycles. The zero-order valence-electron chi connectivity index (χ0n) is 11.6. The Morgan fingerprint density at radius 2 is 2.00 bits per heavy atom. The van der Waals surface area contributed by atoms with Crippen molar-refractivity contribution < 1.29 is 14.7 Å². The van der Waals surface area contributed by atoms with Gasteiger partial charge in [0.25, 0.3) is 0 Å². The Kier molecular flexibility index (Phi) is 6.18. The van der Waals surface area contributed by atoms with Crippen LogP contribution in [0.2, 0.25) is 0 Å². The highest BCUT2D eigenvalue weighted by molar-refractivity contribution is 7.14. The molecule has 1 aromatic heterocycles. The van der Waals surface area contributed by atoms with E-state index in [1.807, 2.05) is 26.8 Å². The van der Waals surface area contributed by atoms with Gasteiger partial charge in [0.05, 0.1) is 4.88 Å². The third kappa shape index (κ3) is 5.12. The molecule has 0 radical (unpaired) electrons. The number of hydrogen-bond donors (Lipinski definition) is 2. The zero-order valence-corrected chi connectivity index (χ0v) is 12.4. The number of aryl methyl sites for hydroxylation is 1. The summed E-state index contributed by atoms with van der Waals surface area (Å²) in [6, 6.07) is 3.62. The van der Waals surface area contributed by atoms with Gasteiger partial charge >= 0.3 is 0 Å².